The molecule has 121 heavy (non-hydrogen) atoms. The molecule has 0 spiro atoms. The molecular formula is C121H236. The highest BCUT2D eigenvalue weighted by Gasteiger charge is 2.55. The molecule has 0 aromatic carbocycles. The largest absolute Gasteiger partial charge is 0.0776 e. The van der Waals surface area contributed by atoms with E-state index in [-0.39, 0.29) is 37.1 Å². The molecule has 16 aliphatic carbocycles. The summed E-state index contributed by atoms with van der Waals surface area (Å²) >= 11 is 0. The Morgan fingerprint density at radius 1 is 0.132 bits per heavy atom. The molecule has 0 heteroatoms. The quantitative estimate of drug-likeness (QED) is 0.163. The molecule has 0 amide bonds. The van der Waals surface area contributed by atoms with Crippen molar-refractivity contribution in [3.05, 3.63) is 0 Å². The van der Waals surface area contributed by atoms with Gasteiger partial charge in [0, 0.05) is 0 Å². The van der Waals surface area contributed by atoms with Gasteiger partial charge in [0.05, 0.1) is 0 Å². The lowest BCUT2D eigenvalue weighted by molar-refractivity contribution is 0.140. The lowest BCUT2D eigenvalue weighted by Crippen LogP contribution is -2.27. The van der Waals surface area contributed by atoms with Crippen molar-refractivity contribution in [1.82, 2.24) is 0 Å². The maximum Gasteiger partial charge on any atom is -0.0352 e. The molecule has 16 aliphatic rings. The normalized spacial score (nSPS) is 45.2. The zero-order valence-electron chi connectivity index (χ0n) is 83.9. The second-order valence-corrected chi connectivity index (χ2v) is 47.8. The van der Waals surface area contributed by atoms with Crippen LogP contribution < -0.4 is 0 Å². The fraction of sp³-hybridized carbons (Fsp3) is 1.00. The molecule has 0 heterocycles. The van der Waals surface area contributed by atoms with Gasteiger partial charge < -0.3 is 0 Å². The first-order chi connectivity index (χ1) is 56.0. The third-order valence-corrected chi connectivity index (χ3v) is 42.5. The zero-order valence-corrected chi connectivity index (χ0v) is 83.9. The maximum absolute atomic E-state index is 2.62. The van der Waals surface area contributed by atoms with E-state index in [2.05, 4.69) is 166 Å². The van der Waals surface area contributed by atoms with Crippen LogP contribution in [0.4, 0.5) is 0 Å². The highest BCUT2D eigenvalue weighted by Crippen LogP contribution is 2.63. The van der Waals surface area contributed by atoms with Crippen LogP contribution in [-0.2, 0) is 0 Å². The molecule has 0 radical (unpaired) electrons. The third kappa shape index (κ3) is 28.1. The highest BCUT2D eigenvalue weighted by atomic mass is 14.6. The van der Waals surface area contributed by atoms with Crippen LogP contribution in [-0.4, -0.2) is 0 Å². The summed E-state index contributed by atoms with van der Waals surface area (Å²) in [5.41, 5.74) is 0. The van der Waals surface area contributed by atoms with E-state index in [0.717, 1.165) is 237 Å². The lowest BCUT2D eigenvalue weighted by atomic mass is 9.70. The smallest absolute Gasteiger partial charge is 0.0352 e. The molecule has 0 aromatic rings. The summed E-state index contributed by atoms with van der Waals surface area (Å²) in [4.78, 5) is 0. The van der Waals surface area contributed by atoms with Crippen LogP contribution in [0.5, 0.6) is 0 Å². The molecule has 0 bridgehead atoms. The Labute approximate surface area is 769 Å². The second-order valence-electron chi connectivity index (χ2n) is 47.8. The van der Waals surface area contributed by atoms with Crippen molar-refractivity contribution >= 4 is 0 Å². The van der Waals surface area contributed by atoms with E-state index in [1.807, 2.05) is 0 Å². The SMILES string of the molecule is C.C.C.C.C.CC1C(C)C(CC2C(C)C(C)C3CCCCC32)C2CCCCC12.CCC.CCCC1C(C)C(C)C2CCCCC12.CCCC1C(C)C(C)C2CCCCCC12.CCCC1C(C)C(C)C2CCCCCCC12.CCCC1C(C)C2CCCCC2C1C.CCCC1C(C)C2CCCCCC2C1C.CCCC1C(C)C2CCCCCCC2C1C. The topological polar surface area (TPSA) is 0 Å². The first kappa shape index (κ1) is 113. The Morgan fingerprint density at radius 3 is 0.413 bits per heavy atom. The molecule has 0 saturated heterocycles. The van der Waals surface area contributed by atoms with Crippen molar-refractivity contribution < 1.29 is 0 Å². The van der Waals surface area contributed by atoms with Crippen molar-refractivity contribution in [3.8, 4) is 0 Å². The molecule has 0 N–H and O–H groups in total. The number of fused-ring (bicyclic) bond motifs is 8. The molecular weight excluding hydrogens is 1450 g/mol. The number of hydrogen-bond acceptors (Lipinski definition) is 0. The Bertz CT molecular complexity index is 2440. The summed E-state index contributed by atoms with van der Waals surface area (Å²) in [6.07, 6.45) is 78.1. The van der Waals surface area contributed by atoms with Gasteiger partial charge >= 0.3 is 0 Å². The first-order valence-electron chi connectivity index (χ1n) is 56.0. The summed E-state index contributed by atoms with van der Waals surface area (Å²) < 4.78 is 0. The molecule has 37 unspecified atom stereocenters. The predicted molar refractivity (Wildman–Crippen MR) is 550 cm³/mol. The van der Waals surface area contributed by atoms with E-state index < -0.39 is 0 Å². The molecule has 37 atom stereocenters. The van der Waals surface area contributed by atoms with Gasteiger partial charge in [0.25, 0.3) is 0 Å². The maximum atomic E-state index is 2.62. The van der Waals surface area contributed by atoms with Gasteiger partial charge in [-0.15, -0.1) is 0 Å². The van der Waals surface area contributed by atoms with Crippen molar-refractivity contribution in [2.45, 2.75) is 537 Å². The molecule has 0 aromatic heterocycles. The first-order valence-corrected chi connectivity index (χ1v) is 56.0. The van der Waals surface area contributed by atoms with Crippen molar-refractivity contribution in [3.63, 3.8) is 0 Å². The van der Waals surface area contributed by atoms with Gasteiger partial charge in [-0.1, -0.05) is 428 Å². The van der Waals surface area contributed by atoms with Crippen LogP contribution in [0.1, 0.15) is 537 Å². The summed E-state index contributed by atoms with van der Waals surface area (Å²) in [5.74, 6) is 42.0. The van der Waals surface area contributed by atoms with E-state index in [0.29, 0.717) is 0 Å². The van der Waals surface area contributed by atoms with Crippen LogP contribution in [0, 0.1) is 237 Å². The molecule has 720 valence electrons. The van der Waals surface area contributed by atoms with Gasteiger partial charge in [0.15, 0.2) is 0 Å². The Kier molecular flexibility index (Phi) is 53.8. The monoisotopic (exact) mass is 1690 g/mol. The second kappa shape index (κ2) is 57.4. The van der Waals surface area contributed by atoms with E-state index in [1.54, 1.807) is 51.4 Å². The van der Waals surface area contributed by atoms with Crippen LogP contribution >= 0.6 is 0 Å². The third-order valence-electron chi connectivity index (χ3n) is 42.5. The summed E-state index contributed by atoms with van der Waals surface area (Å²) in [6.45, 7) is 59.3. The summed E-state index contributed by atoms with van der Waals surface area (Å²) in [6, 6.07) is 0. The number of hydrogen-bond donors (Lipinski definition) is 0. The molecule has 16 saturated carbocycles. The van der Waals surface area contributed by atoms with Crippen LogP contribution in [0.25, 0.3) is 0 Å². The van der Waals surface area contributed by atoms with Crippen molar-refractivity contribution in [1.29, 1.82) is 0 Å². The summed E-state index contributed by atoms with van der Waals surface area (Å²) in [5, 5.41) is 0. The average molecular weight is 1690 g/mol. The fourth-order valence-electron chi connectivity index (χ4n) is 35.7. The van der Waals surface area contributed by atoms with Crippen molar-refractivity contribution in [2.75, 3.05) is 0 Å². The van der Waals surface area contributed by atoms with E-state index in [1.165, 1.54) is 283 Å². The minimum Gasteiger partial charge on any atom is -0.0776 e. The van der Waals surface area contributed by atoms with Crippen LogP contribution in [0.15, 0.2) is 0 Å². The fourth-order valence-corrected chi connectivity index (χ4v) is 35.7. The number of rotatable bonds is 14. The van der Waals surface area contributed by atoms with E-state index in [4.69, 9.17) is 0 Å². The van der Waals surface area contributed by atoms with Gasteiger partial charge in [0.2, 0.25) is 0 Å². The standard InChI is InChI=1S/C23H40.2C16H30.2C15H28.2C14H26.C3H8.5CH4/c1-14-16(3)22(20-11-7-5-9-18(14)20)13-23-17(4)15(2)19-10-6-8-12-21(19)23;1-4-9-14-12(2)15-10-7-5-6-8-11-16(15)13(14)3;1-4-9-14-12(2)13(3)15-10-7-5-6-8-11-16(14)15;1-4-8-13-11(2)14-9-6-5-7-10-15(14)12(13)3;1-4-8-13-11(2)12(3)14-9-6-5-7-10-15(13)14;1-4-7-12-10(2)13-8-5-6-9-14(13)11(12)3;1-4-7-12-10(2)11(3)13-8-5-6-9-14(12)13;1-3-2;;;;;/h14-23H,5-13H2,1-4H3;2*12-16H,4-11H2,1-3H3;2*11-15H,4-10H2,1-3H3;2*10-14H,4-9H2,1-3H3;3H2,1-2H3;5*1H4. The van der Waals surface area contributed by atoms with Crippen LogP contribution in [0.3, 0.4) is 0 Å². The average Bonchev–Trinajstić information content (AvgIpc) is 1.61. The van der Waals surface area contributed by atoms with Gasteiger partial charge in [-0.25, -0.2) is 0 Å². The lowest BCUT2D eigenvalue weighted by Gasteiger charge is -2.36. The van der Waals surface area contributed by atoms with Gasteiger partial charge in [0.1, 0.15) is 0 Å². The van der Waals surface area contributed by atoms with Crippen molar-refractivity contribution in [2.24, 2.45) is 237 Å². The summed E-state index contributed by atoms with van der Waals surface area (Å²) in [7, 11) is 0. The predicted octanol–water partition coefficient (Wildman–Crippen LogP) is 40.7. The molecule has 0 aliphatic heterocycles. The minimum atomic E-state index is 0. The molecule has 0 nitrogen and oxygen atoms in total. The molecule has 16 rings (SSSR count). The Morgan fingerprint density at radius 2 is 0.248 bits per heavy atom. The van der Waals surface area contributed by atoms with Gasteiger partial charge in [-0.05, 0) is 346 Å². The highest BCUT2D eigenvalue weighted by molar-refractivity contribution is 5.04. The minimum absolute atomic E-state index is 0. The van der Waals surface area contributed by atoms with Gasteiger partial charge in [-0.3, -0.25) is 0 Å². The Balaban J connectivity index is 0.000000295. The zero-order chi connectivity index (χ0) is 83.9. The van der Waals surface area contributed by atoms with Gasteiger partial charge in [-0.2, -0.15) is 0 Å². The van der Waals surface area contributed by atoms with E-state index >= 15 is 0 Å². The van der Waals surface area contributed by atoms with Crippen LogP contribution in [0.2, 0.25) is 0 Å². The van der Waals surface area contributed by atoms with E-state index in [9.17, 15) is 0 Å². The Hall–Kier alpha value is 0. The molecule has 16 fully saturated rings.